The van der Waals surface area contributed by atoms with E-state index in [1.54, 1.807) is 43.3 Å². The summed E-state index contributed by atoms with van der Waals surface area (Å²) in [6.07, 6.45) is -0.815. The van der Waals surface area contributed by atoms with Crippen LogP contribution >= 0.6 is 0 Å². The van der Waals surface area contributed by atoms with Gasteiger partial charge in [0.15, 0.2) is 5.75 Å². The molecule has 62 heavy (non-hydrogen) atoms. The number of carbonyl (C=O) groups excluding carboxylic acids is 5. The van der Waals surface area contributed by atoms with Gasteiger partial charge in [-0.25, -0.2) is 24.0 Å². The van der Waals surface area contributed by atoms with E-state index in [0.717, 1.165) is 12.3 Å². The van der Waals surface area contributed by atoms with Crippen molar-refractivity contribution in [2.24, 2.45) is 0 Å². The van der Waals surface area contributed by atoms with Crippen LogP contribution < -0.4 is 18.9 Å². The molecule has 0 N–H and O–H groups in total. The average Bonchev–Trinajstić information content (AvgIpc) is 3.23. The number of allylic oxidation sites excluding steroid dienone is 1. The molecule has 4 rings (SSSR count). The van der Waals surface area contributed by atoms with Crippen LogP contribution in [-0.2, 0) is 28.7 Å². The monoisotopic (exact) mass is 844 g/mol. The summed E-state index contributed by atoms with van der Waals surface area (Å²) in [6, 6.07) is 20.7. The first-order chi connectivity index (χ1) is 29.3. The summed E-state index contributed by atoms with van der Waals surface area (Å²) in [5, 5.41) is 0. The molecule has 0 saturated heterocycles. The molecule has 0 bridgehead atoms. The third-order valence-corrected chi connectivity index (χ3v) is 7.81. The topological polar surface area (TPSA) is 132 Å². The van der Waals surface area contributed by atoms with Crippen molar-refractivity contribution in [2.75, 3.05) is 0 Å². The van der Waals surface area contributed by atoms with Crippen LogP contribution in [0.3, 0.4) is 0 Å². The zero-order valence-electron chi connectivity index (χ0n) is 32.8. The van der Waals surface area contributed by atoms with Crippen LogP contribution in [0.15, 0.2) is 147 Å². The van der Waals surface area contributed by atoms with E-state index in [0.29, 0.717) is 28.0 Å². The van der Waals surface area contributed by atoms with Gasteiger partial charge in [0.2, 0.25) is 5.83 Å². The highest BCUT2D eigenvalue weighted by Crippen LogP contribution is 2.30. The highest BCUT2D eigenvalue weighted by atomic mass is 19.4. The lowest BCUT2D eigenvalue weighted by Crippen LogP contribution is -2.23. The first-order valence-electron chi connectivity index (χ1n) is 17.7. The van der Waals surface area contributed by atoms with Gasteiger partial charge in [0.05, 0.1) is 11.8 Å². The highest BCUT2D eigenvalue weighted by Gasteiger charge is 2.38. The van der Waals surface area contributed by atoms with E-state index >= 15 is 0 Å². The molecule has 4 aromatic rings. The molecule has 0 aliphatic rings. The van der Waals surface area contributed by atoms with E-state index in [2.05, 4.69) is 50.0 Å². The summed E-state index contributed by atoms with van der Waals surface area (Å²) >= 11 is 0. The van der Waals surface area contributed by atoms with Gasteiger partial charge in [-0.05, 0) is 104 Å². The molecule has 0 amide bonds. The molecule has 0 fully saturated rings. The van der Waals surface area contributed by atoms with E-state index < -0.39 is 47.4 Å². The van der Waals surface area contributed by atoms with Gasteiger partial charge in [0.25, 0.3) is 0 Å². The van der Waals surface area contributed by atoms with Gasteiger partial charge in [0, 0.05) is 40.0 Å². The molecule has 10 nitrogen and oxygen atoms in total. The lowest BCUT2D eigenvalue weighted by molar-refractivity contribution is -0.142. The molecule has 0 saturated carbocycles. The SMILES string of the molecule is C=CC(=O)Oc1c(C#Cc2ccc(OC(=O)C(=C)C(F)(F)F)cc2)ccc(C#Cc2ccc(OC(=O)C=C(C)c3ccc(OC(=O)C(=C)C)cc3)cc2)c1C=COC(=O)C(=C)F. The Morgan fingerprint density at radius 2 is 1.11 bits per heavy atom. The van der Waals surface area contributed by atoms with Crippen LogP contribution in [0.5, 0.6) is 23.0 Å². The second kappa shape index (κ2) is 21.0. The highest BCUT2D eigenvalue weighted by molar-refractivity contribution is 5.93. The molecule has 312 valence electrons. The van der Waals surface area contributed by atoms with Crippen molar-refractivity contribution in [1.29, 1.82) is 0 Å². The van der Waals surface area contributed by atoms with Gasteiger partial charge >= 0.3 is 36.0 Å². The van der Waals surface area contributed by atoms with E-state index in [-0.39, 0.29) is 39.5 Å². The van der Waals surface area contributed by atoms with Crippen LogP contribution in [0.4, 0.5) is 17.6 Å². The Morgan fingerprint density at radius 3 is 1.63 bits per heavy atom. The van der Waals surface area contributed by atoms with Crippen LogP contribution in [0.2, 0.25) is 0 Å². The van der Waals surface area contributed by atoms with E-state index in [1.165, 1.54) is 67.6 Å². The molecule has 0 atom stereocenters. The third kappa shape index (κ3) is 13.5. The van der Waals surface area contributed by atoms with Crippen LogP contribution in [0.1, 0.15) is 47.2 Å². The van der Waals surface area contributed by atoms with Gasteiger partial charge in [-0.1, -0.05) is 62.1 Å². The second-order valence-corrected chi connectivity index (χ2v) is 12.5. The number of rotatable bonds is 12. The average molecular weight is 845 g/mol. The maximum atomic E-state index is 13.3. The predicted molar refractivity (Wildman–Crippen MR) is 219 cm³/mol. The Kier molecular flexibility index (Phi) is 15.6. The summed E-state index contributed by atoms with van der Waals surface area (Å²) < 4.78 is 77.4. The second-order valence-electron chi connectivity index (χ2n) is 12.5. The molecule has 0 unspecified atom stereocenters. The maximum absolute atomic E-state index is 13.3. The Morgan fingerprint density at radius 1 is 0.613 bits per heavy atom. The standard InChI is InChI=1S/C48H32F4O10/c1-7-42(53)62-44-37(15-9-34-12-22-39(23-13-34)61-46(56)31(5)48(50,51)52)17-16-36(41(44)26-27-58-47(57)32(6)49)14-8-33-10-20-38(21-11-33)59-43(54)28-30(4)35-18-24-40(25-19-35)60-45(55)29(2)3/h7,10-13,16-28H,1-2,5-6H2,3-4H3. The summed E-state index contributed by atoms with van der Waals surface area (Å²) in [6.45, 7) is 15.8. The number of halogens is 4. The molecule has 0 aliphatic heterocycles. The number of benzene rings is 4. The third-order valence-electron chi connectivity index (χ3n) is 7.81. The molecule has 0 aliphatic carbocycles. The normalized spacial score (nSPS) is 10.8. The summed E-state index contributed by atoms with van der Waals surface area (Å²) in [4.78, 5) is 60.5. The van der Waals surface area contributed by atoms with Crippen molar-refractivity contribution < 1.29 is 65.2 Å². The molecule has 0 radical (unpaired) electrons. The van der Waals surface area contributed by atoms with Crippen LogP contribution in [0.25, 0.3) is 11.6 Å². The molecule has 0 heterocycles. The first kappa shape index (κ1) is 46.2. The van der Waals surface area contributed by atoms with Gasteiger partial charge in [-0.2, -0.15) is 17.6 Å². The number of hydrogen-bond acceptors (Lipinski definition) is 10. The van der Waals surface area contributed by atoms with Gasteiger partial charge in [-0.15, -0.1) is 0 Å². The van der Waals surface area contributed by atoms with Crippen molar-refractivity contribution in [3.63, 3.8) is 0 Å². The molecule has 0 aromatic heterocycles. The van der Waals surface area contributed by atoms with E-state index in [4.69, 9.17) is 23.7 Å². The van der Waals surface area contributed by atoms with Crippen molar-refractivity contribution in [2.45, 2.75) is 20.0 Å². The molecule has 4 aromatic carbocycles. The molecule has 0 spiro atoms. The van der Waals surface area contributed by atoms with E-state index in [9.17, 15) is 41.5 Å². The number of hydrogen-bond donors (Lipinski definition) is 0. The van der Waals surface area contributed by atoms with Crippen LogP contribution in [-0.4, -0.2) is 36.0 Å². The Labute approximate surface area is 352 Å². The van der Waals surface area contributed by atoms with Gasteiger partial charge < -0.3 is 23.7 Å². The van der Waals surface area contributed by atoms with Gasteiger partial charge in [-0.3, -0.25) is 0 Å². The number of ether oxygens (including phenoxy) is 5. The predicted octanol–water partition coefficient (Wildman–Crippen LogP) is 9.09. The first-order valence-corrected chi connectivity index (χ1v) is 17.7. The Bertz CT molecular complexity index is 2660. The maximum Gasteiger partial charge on any atom is 0.422 e. The molecule has 14 heteroatoms. The van der Waals surface area contributed by atoms with E-state index in [1.807, 2.05) is 0 Å². The quantitative estimate of drug-likeness (QED) is 0.0340. The minimum atomic E-state index is -4.97. The number of alkyl halides is 3. The summed E-state index contributed by atoms with van der Waals surface area (Å²) in [7, 11) is 0. The zero-order chi connectivity index (χ0) is 45.6. The summed E-state index contributed by atoms with van der Waals surface area (Å²) in [5.74, 6) is 4.99. The smallest absolute Gasteiger partial charge is 0.422 e. The lowest BCUT2D eigenvalue weighted by atomic mass is 10.0. The summed E-state index contributed by atoms with van der Waals surface area (Å²) in [5.41, 5.74) is 0.929. The fraction of sp³-hybridized carbons (Fsp3) is 0.0625. The largest absolute Gasteiger partial charge is 0.429 e. The minimum absolute atomic E-state index is 0.0548. The van der Waals surface area contributed by atoms with Gasteiger partial charge in [0.1, 0.15) is 22.8 Å². The Hall–Kier alpha value is -8.49. The number of esters is 5. The fourth-order valence-corrected chi connectivity index (χ4v) is 4.61. The van der Waals surface area contributed by atoms with Crippen molar-refractivity contribution >= 4 is 41.5 Å². The molecular weight excluding hydrogens is 813 g/mol. The zero-order valence-corrected chi connectivity index (χ0v) is 32.8. The fourth-order valence-electron chi connectivity index (χ4n) is 4.61. The van der Waals surface area contributed by atoms with Crippen LogP contribution in [0, 0.1) is 23.7 Å². The minimum Gasteiger partial charge on any atom is -0.429 e. The van der Waals surface area contributed by atoms with Crippen molar-refractivity contribution in [3.05, 3.63) is 180 Å². The van der Waals surface area contributed by atoms with Crippen molar-refractivity contribution in [3.8, 4) is 46.7 Å². The van der Waals surface area contributed by atoms with Crippen molar-refractivity contribution in [1.82, 2.24) is 0 Å². The Balaban J connectivity index is 1.60. The lowest BCUT2D eigenvalue weighted by Gasteiger charge is -2.11. The molecular formula is C48H32F4O10. The number of carbonyl (C=O) groups is 5.